The van der Waals surface area contributed by atoms with Gasteiger partial charge in [-0.15, -0.1) is 0 Å². The monoisotopic (exact) mass is 213 g/mol. The smallest absolute Gasteiger partial charge is 0.323 e. The van der Waals surface area contributed by atoms with Crippen LogP contribution in [0.25, 0.3) is 0 Å². The van der Waals surface area contributed by atoms with Crippen LogP contribution in [-0.4, -0.2) is 38.9 Å². The SMILES string of the molecule is COC(=O)C1NCC12CCCC(OC)C2. The Hall–Kier alpha value is -0.610. The summed E-state index contributed by atoms with van der Waals surface area (Å²) in [6.07, 6.45) is 4.67. The van der Waals surface area contributed by atoms with Crippen LogP contribution in [0.1, 0.15) is 25.7 Å². The van der Waals surface area contributed by atoms with Crippen molar-refractivity contribution in [3.05, 3.63) is 0 Å². The van der Waals surface area contributed by atoms with Gasteiger partial charge in [0.1, 0.15) is 6.04 Å². The Morgan fingerprint density at radius 3 is 2.80 bits per heavy atom. The summed E-state index contributed by atoms with van der Waals surface area (Å²) in [4.78, 5) is 11.5. The number of hydrogen-bond acceptors (Lipinski definition) is 4. The number of hydrogen-bond donors (Lipinski definition) is 1. The molecule has 0 bridgehead atoms. The zero-order valence-corrected chi connectivity index (χ0v) is 9.41. The number of nitrogens with one attached hydrogen (secondary N) is 1. The van der Waals surface area contributed by atoms with Crippen molar-refractivity contribution in [2.24, 2.45) is 5.41 Å². The van der Waals surface area contributed by atoms with Crippen molar-refractivity contribution in [2.45, 2.75) is 37.8 Å². The summed E-state index contributed by atoms with van der Waals surface area (Å²) in [7, 11) is 3.20. The van der Waals surface area contributed by atoms with Gasteiger partial charge in [-0.05, 0) is 19.3 Å². The fourth-order valence-corrected chi connectivity index (χ4v) is 2.91. The van der Waals surface area contributed by atoms with Crippen molar-refractivity contribution in [1.29, 1.82) is 0 Å². The van der Waals surface area contributed by atoms with Gasteiger partial charge in [-0.2, -0.15) is 0 Å². The fraction of sp³-hybridized carbons (Fsp3) is 0.909. The quantitative estimate of drug-likeness (QED) is 0.686. The maximum Gasteiger partial charge on any atom is 0.323 e. The highest BCUT2D eigenvalue weighted by Gasteiger charge is 2.53. The van der Waals surface area contributed by atoms with Crippen LogP contribution >= 0.6 is 0 Å². The molecule has 0 aromatic rings. The van der Waals surface area contributed by atoms with E-state index < -0.39 is 0 Å². The van der Waals surface area contributed by atoms with E-state index in [2.05, 4.69) is 5.32 Å². The van der Waals surface area contributed by atoms with E-state index in [1.54, 1.807) is 7.11 Å². The molecule has 15 heavy (non-hydrogen) atoms. The Kier molecular flexibility index (Phi) is 2.98. The summed E-state index contributed by atoms with van der Waals surface area (Å²) >= 11 is 0. The summed E-state index contributed by atoms with van der Waals surface area (Å²) in [6.45, 7) is 0.923. The van der Waals surface area contributed by atoms with Gasteiger partial charge in [0, 0.05) is 19.1 Å². The molecule has 1 spiro atoms. The number of ether oxygens (including phenoxy) is 2. The molecule has 0 amide bonds. The highest BCUT2D eigenvalue weighted by Crippen LogP contribution is 2.44. The first-order valence-electron chi connectivity index (χ1n) is 5.56. The maximum absolute atomic E-state index is 11.5. The third kappa shape index (κ3) is 1.76. The normalized spacial score (nSPS) is 39.9. The first-order valence-corrected chi connectivity index (χ1v) is 5.56. The van der Waals surface area contributed by atoms with Crippen molar-refractivity contribution in [2.75, 3.05) is 20.8 Å². The van der Waals surface area contributed by atoms with Gasteiger partial charge >= 0.3 is 5.97 Å². The predicted molar refractivity (Wildman–Crippen MR) is 55.5 cm³/mol. The van der Waals surface area contributed by atoms with Crippen LogP contribution < -0.4 is 5.32 Å². The Balaban J connectivity index is 2.03. The summed E-state index contributed by atoms with van der Waals surface area (Å²) in [5.41, 5.74) is 0.103. The number of carbonyl (C=O) groups is 1. The molecule has 2 fully saturated rings. The van der Waals surface area contributed by atoms with Crippen molar-refractivity contribution in [1.82, 2.24) is 5.32 Å². The molecule has 3 unspecified atom stereocenters. The summed E-state index contributed by atoms with van der Waals surface area (Å²) < 4.78 is 10.2. The van der Waals surface area contributed by atoms with Gasteiger partial charge in [0.05, 0.1) is 13.2 Å². The lowest BCUT2D eigenvalue weighted by molar-refractivity contribution is -0.155. The summed E-state index contributed by atoms with van der Waals surface area (Å²) in [5.74, 6) is -0.127. The minimum Gasteiger partial charge on any atom is -0.468 e. The van der Waals surface area contributed by atoms with E-state index in [0.717, 1.165) is 32.2 Å². The number of rotatable bonds is 2. The van der Waals surface area contributed by atoms with Crippen LogP contribution in [0.4, 0.5) is 0 Å². The Labute approximate surface area is 90.3 Å². The second-order valence-electron chi connectivity index (χ2n) is 4.65. The molecule has 1 heterocycles. The van der Waals surface area contributed by atoms with Crippen LogP contribution in [0.2, 0.25) is 0 Å². The second kappa shape index (κ2) is 4.10. The van der Waals surface area contributed by atoms with E-state index in [4.69, 9.17) is 9.47 Å². The zero-order chi connectivity index (χ0) is 10.9. The molecule has 1 saturated heterocycles. The molecule has 2 rings (SSSR count). The van der Waals surface area contributed by atoms with Crippen molar-refractivity contribution in [3.8, 4) is 0 Å². The molecule has 0 radical (unpaired) electrons. The molecule has 1 saturated carbocycles. The Morgan fingerprint density at radius 2 is 2.27 bits per heavy atom. The molecule has 86 valence electrons. The standard InChI is InChI=1S/C11H19NO3/c1-14-8-4-3-5-11(6-8)7-12-9(11)10(13)15-2/h8-9,12H,3-7H2,1-2H3. The van der Waals surface area contributed by atoms with Gasteiger partial charge < -0.3 is 14.8 Å². The van der Waals surface area contributed by atoms with E-state index in [0.29, 0.717) is 6.10 Å². The number of esters is 1. The van der Waals surface area contributed by atoms with Gasteiger partial charge in [-0.3, -0.25) is 4.79 Å². The molecule has 4 nitrogen and oxygen atoms in total. The summed E-state index contributed by atoms with van der Waals surface area (Å²) in [5, 5.41) is 3.17. The molecule has 0 aromatic heterocycles. The fourth-order valence-electron chi connectivity index (χ4n) is 2.91. The Bertz CT molecular complexity index is 256. The molecule has 4 heteroatoms. The number of carbonyl (C=O) groups excluding carboxylic acids is 1. The largest absolute Gasteiger partial charge is 0.468 e. The predicted octanol–water partition coefficient (Wildman–Crippen LogP) is 0.707. The molecular formula is C11H19NO3. The lowest BCUT2D eigenvalue weighted by Gasteiger charge is -2.52. The molecule has 1 aliphatic carbocycles. The van der Waals surface area contributed by atoms with Gasteiger partial charge in [-0.1, -0.05) is 6.42 Å². The average molecular weight is 213 g/mol. The van der Waals surface area contributed by atoms with Gasteiger partial charge in [0.25, 0.3) is 0 Å². The average Bonchev–Trinajstić information content (AvgIpc) is 2.27. The molecule has 2 aliphatic rings. The second-order valence-corrected chi connectivity index (χ2v) is 4.65. The van der Waals surface area contributed by atoms with Gasteiger partial charge in [-0.25, -0.2) is 0 Å². The summed E-state index contributed by atoms with van der Waals surface area (Å²) in [6, 6.07) is -0.111. The van der Waals surface area contributed by atoms with Crippen molar-refractivity contribution >= 4 is 5.97 Å². The topological polar surface area (TPSA) is 47.6 Å². The maximum atomic E-state index is 11.5. The third-order valence-corrected chi connectivity index (χ3v) is 3.88. The highest BCUT2D eigenvalue weighted by molar-refractivity contribution is 5.78. The highest BCUT2D eigenvalue weighted by atomic mass is 16.5. The third-order valence-electron chi connectivity index (χ3n) is 3.88. The minimum atomic E-state index is -0.127. The molecular weight excluding hydrogens is 194 g/mol. The minimum absolute atomic E-state index is 0.103. The van der Waals surface area contributed by atoms with E-state index in [9.17, 15) is 4.79 Å². The van der Waals surface area contributed by atoms with E-state index >= 15 is 0 Å². The van der Waals surface area contributed by atoms with E-state index in [1.807, 2.05) is 0 Å². The lowest BCUT2D eigenvalue weighted by Crippen LogP contribution is -2.67. The van der Waals surface area contributed by atoms with Crippen LogP contribution in [0.15, 0.2) is 0 Å². The lowest BCUT2D eigenvalue weighted by atomic mass is 9.63. The van der Waals surface area contributed by atoms with Crippen molar-refractivity contribution < 1.29 is 14.3 Å². The Morgan fingerprint density at radius 1 is 1.47 bits per heavy atom. The molecule has 1 aliphatic heterocycles. The molecule has 3 atom stereocenters. The van der Waals surface area contributed by atoms with Gasteiger partial charge in [0.15, 0.2) is 0 Å². The van der Waals surface area contributed by atoms with Crippen LogP contribution in [0.5, 0.6) is 0 Å². The van der Waals surface area contributed by atoms with Crippen LogP contribution in [0, 0.1) is 5.41 Å². The van der Waals surface area contributed by atoms with E-state index in [1.165, 1.54) is 7.11 Å². The van der Waals surface area contributed by atoms with Crippen LogP contribution in [0.3, 0.4) is 0 Å². The molecule has 1 N–H and O–H groups in total. The molecule has 0 aromatic carbocycles. The van der Waals surface area contributed by atoms with Gasteiger partial charge in [0.2, 0.25) is 0 Å². The first kappa shape index (κ1) is 10.9. The first-order chi connectivity index (χ1) is 7.22. The van der Waals surface area contributed by atoms with E-state index in [-0.39, 0.29) is 17.4 Å². The zero-order valence-electron chi connectivity index (χ0n) is 9.41. The van der Waals surface area contributed by atoms with Crippen molar-refractivity contribution in [3.63, 3.8) is 0 Å². The number of methoxy groups -OCH3 is 2. The van der Waals surface area contributed by atoms with Crippen LogP contribution in [-0.2, 0) is 14.3 Å².